The van der Waals surface area contributed by atoms with Gasteiger partial charge in [0, 0.05) is 12.8 Å². The molecule has 0 radical (unpaired) electrons. The maximum Gasteiger partial charge on any atom is 0.306 e. The molecule has 3 unspecified atom stereocenters. The monoisotopic (exact) mass is 1220 g/mol. The summed E-state index contributed by atoms with van der Waals surface area (Å²) in [6, 6.07) is -0.901. The number of phosphoric acid groups is 1. The third kappa shape index (κ3) is 65.4. The summed E-state index contributed by atoms with van der Waals surface area (Å²) in [7, 11) is 1.17. The average Bonchev–Trinajstić information content (AvgIpc) is 3.66. The van der Waals surface area contributed by atoms with Gasteiger partial charge in [-0.1, -0.05) is 292 Å². The average molecular weight is 1220 g/mol. The topological polar surface area (TPSA) is 114 Å². The van der Waals surface area contributed by atoms with Crippen molar-refractivity contribution in [1.82, 2.24) is 5.32 Å². The standard InChI is InChI=1S/C76H137N2O7P/c1-7-10-13-16-19-22-25-28-30-32-34-36-38-39-41-43-45-47-49-51-54-57-60-63-66-69-76(80)85-74(67-64-61-58-55-52-27-24-21-18-15-12-9-3)73(72-84-86(81,82)83-71-70-78(4,5)6)77-75(79)68-65-62-59-56-53-50-48-46-44-42-40-37-35-33-31-29-26-23-20-17-14-11-8-2/h19-20,22-23,28-31,34-37,42,44,64,67,73-74H,7-18,21,24-27,32-33,38-41,43,45-63,65-66,68-72H2,1-6H3,(H-,77,79,81,82)/b22-19-,23-20-,30-28-,31-29-,36-34-,37-35-,44-42-,67-64+. The molecule has 0 saturated heterocycles. The molecule has 498 valence electrons. The van der Waals surface area contributed by atoms with Gasteiger partial charge < -0.3 is 28.5 Å². The fourth-order valence-corrected chi connectivity index (χ4v) is 10.9. The van der Waals surface area contributed by atoms with Crippen LogP contribution in [0.25, 0.3) is 0 Å². The van der Waals surface area contributed by atoms with E-state index in [4.69, 9.17) is 13.8 Å². The number of phosphoric ester groups is 1. The number of quaternary nitrogens is 1. The van der Waals surface area contributed by atoms with Gasteiger partial charge in [-0.05, 0) is 115 Å². The summed E-state index contributed by atoms with van der Waals surface area (Å²) in [5, 5.41) is 3.04. The zero-order valence-electron chi connectivity index (χ0n) is 57.0. The summed E-state index contributed by atoms with van der Waals surface area (Å²) in [5.74, 6) is -0.551. The highest BCUT2D eigenvalue weighted by atomic mass is 31.2. The number of hydrogen-bond donors (Lipinski definition) is 1. The lowest BCUT2D eigenvalue weighted by atomic mass is 10.0. The molecule has 0 bridgehead atoms. The number of hydrogen-bond acceptors (Lipinski definition) is 7. The van der Waals surface area contributed by atoms with E-state index in [-0.39, 0.29) is 24.9 Å². The fraction of sp³-hybridized carbons (Fsp3) is 0.763. The predicted octanol–water partition coefficient (Wildman–Crippen LogP) is 22.4. The van der Waals surface area contributed by atoms with Gasteiger partial charge in [0.25, 0.3) is 7.82 Å². The number of ether oxygens (including phenoxy) is 1. The first-order chi connectivity index (χ1) is 41.9. The maximum atomic E-state index is 13.6. The Kier molecular flexibility index (Phi) is 62.6. The summed E-state index contributed by atoms with van der Waals surface area (Å²) >= 11 is 0. The SMILES string of the molecule is CCCCC/C=C\C/C=C\C/C=C\C/C=C\CCCCCCCCCC(=O)NC(COP(=O)([O-])OCC[N+](C)(C)C)C(/C=C/CCCCCCCCCCCC)OC(=O)CCCCCCCCCCCCCC/C=C\C/C=C\C/C=C\CCCCC. The van der Waals surface area contributed by atoms with Gasteiger partial charge >= 0.3 is 5.97 Å². The van der Waals surface area contributed by atoms with Gasteiger partial charge in [0.05, 0.1) is 33.8 Å². The molecule has 1 amide bonds. The van der Waals surface area contributed by atoms with Crippen LogP contribution in [0, 0.1) is 0 Å². The van der Waals surface area contributed by atoms with Gasteiger partial charge in [0.2, 0.25) is 5.91 Å². The Bertz CT molecular complexity index is 1790. The lowest BCUT2D eigenvalue weighted by molar-refractivity contribution is -0.870. The molecule has 0 aromatic rings. The quantitative estimate of drug-likeness (QED) is 0.0212. The zero-order chi connectivity index (χ0) is 62.8. The van der Waals surface area contributed by atoms with Crippen LogP contribution in [0.2, 0.25) is 0 Å². The Balaban J connectivity index is 5.09. The molecular weight excluding hydrogens is 1080 g/mol. The largest absolute Gasteiger partial charge is 0.756 e. The first-order valence-electron chi connectivity index (χ1n) is 36.0. The second kappa shape index (κ2) is 64.9. The van der Waals surface area contributed by atoms with Crippen LogP contribution in [0.5, 0.6) is 0 Å². The van der Waals surface area contributed by atoms with Crippen molar-refractivity contribution in [3.8, 4) is 0 Å². The number of esters is 1. The molecule has 0 aromatic carbocycles. The molecule has 0 aliphatic rings. The van der Waals surface area contributed by atoms with Crippen molar-refractivity contribution < 1.29 is 37.3 Å². The summed E-state index contributed by atoms with van der Waals surface area (Å²) in [4.78, 5) is 40.2. The van der Waals surface area contributed by atoms with Crippen LogP contribution < -0.4 is 10.2 Å². The second-order valence-electron chi connectivity index (χ2n) is 25.4. The molecule has 0 aliphatic carbocycles. The fourth-order valence-electron chi connectivity index (χ4n) is 10.2. The van der Waals surface area contributed by atoms with Crippen LogP contribution >= 0.6 is 7.82 Å². The lowest BCUT2D eigenvalue weighted by Gasteiger charge is -2.30. The number of carbonyl (C=O) groups excluding carboxylic acids is 2. The maximum absolute atomic E-state index is 13.6. The van der Waals surface area contributed by atoms with Gasteiger partial charge in [-0.25, -0.2) is 0 Å². The molecule has 1 N–H and O–H groups in total. The molecule has 86 heavy (non-hydrogen) atoms. The van der Waals surface area contributed by atoms with E-state index in [1.54, 1.807) is 0 Å². The minimum absolute atomic E-state index is 0.0284. The van der Waals surface area contributed by atoms with Crippen molar-refractivity contribution in [1.29, 1.82) is 0 Å². The Morgan fingerprint density at radius 1 is 0.407 bits per heavy atom. The van der Waals surface area contributed by atoms with Crippen LogP contribution in [0.3, 0.4) is 0 Å². The van der Waals surface area contributed by atoms with Crippen molar-refractivity contribution >= 4 is 19.7 Å². The summed E-state index contributed by atoms with van der Waals surface area (Å²) in [5.41, 5.74) is 0. The van der Waals surface area contributed by atoms with E-state index < -0.39 is 26.6 Å². The van der Waals surface area contributed by atoms with E-state index in [2.05, 4.69) is 111 Å². The summed E-state index contributed by atoms with van der Waals surface area (Å²) in [6.07, 6.45) is 88.1. The number of amides is 1. The molecule has 0 aliphatic heterocycles. The highest BCUT2D eigenvalue weighted by molar-refractivity contribution is 7.45. The number of rotatable bonds is 65. The molecular formula is C76H137N2O7P. The number of nitrogens with zero attached hydrogens (tertiary/aromatic N) is 1. The van der Waals surface area contributed by atoms with Crippen molar-refractivity contribution in [2.75, 3.05) is 40.9 Å². The summed E-state index contributed by atoms with van der Waals surface area (Å²) < 4.78 is 30.5. The Labute approximate surface area is 532 Å². The van der Waals surface area contributed by atoms with Crippen molar-refractivity contribution in [3.05, 3.63) is 97.2 Å². The number of carbonyl (C=O) groups is 2. The van der Waals surface area contributed by atoms with Gasteiger partial charge in [0.1, 0.15) is 19.3 Å². The first kappa shape index (κ1) is 82.9. The van der Waals surface area contributed by atoms with E-state index in [0.717, 1.165) is 103 Å². The lowest BCUT2D eigenvalue weighted by Crippen LogP contribution is -2.47. The smallest absolute Gasteiger partial charge is 0.306 e. The third-order valence-electron chi connectivity index (χ3n) is 15.7. The minimum atomic E-state index is -4.71. The molecule has 10 heteroatoms. The van der Waals surface area contributed by atoms with Gasteiger partial charge in [-0.15, -0.1) is 0 Å². The third-order valence-corrected chi connectivity index (χ3v) is 16.7. The van der Waals surface area contributed by atoms with Crippen LogP contribution in [0.4, 0.5) is 0 Å². The van der Waals surface area contributed by atoms with E-state index in [1.165, 1.54) is 186 Å². The van der Waals surface area contributed by atoms with Crippen LogP contribution in [0.1, 0.15) is 323 Å². The van der Waals surface area contributed by atoms with Gasteiger partial charge in [-0.3, -0.25) is 14.2 Å². The van der Waals surface area contributed by atoms with Crippen molar-refractivity contribution in [2.45, 2.75) is 335 Å². The molecule has 9 nitrogen and oxygen atoms in total. The number of likely N-dealkylation sites (N-methyl/N-ethyl adjacent to an activating group) is 1. The predicted molar refractivity (Wildman–Crippen MR) is 371 cm³/mol. The zero-order valence-corrected chi connectivity index (χ0v) is 57.9. The number of nitrogens with one attached hydrogen (secondary N) is 1. The first-order valence-corrected chi connectivity index (χ1v) is 37.5. The van der Waals surface area contributed by atoms with Gasteiger partial charge in [0.15, 0.2) is 0 Å². The number of allylic oxidation sites excluding steroid dienone is 15. The molecule has 0 rings (SSSR count). The number of unbranched alkanes of at least 4 members (excludes halogenated alkanes) is 35. The van der Waals surface area contributed by atoms with Crippen LogP contribution in [0.15, 0.2) is 97.2 Å². The Morgan fingerprint density at radius 2 is 0.709 bits per heavy atom. The molecule has 0 spiro atoms. The molecule has 0 aromatic heterocycles. The summed E-state index contributed by atoms with van der Waals surface area (Å²) in [6.45, 7) is 6.80. The molecule has 0 heterocycles. The highest BCUT2D eigenvalue weighted by Crippen LogP contribution is 2.38. The van der Waals surface area contributed by atoms with E-state index in [1.807, 2.05) is 33.3 Å². The molecule has 0 saturated carbocycles. The van der Waals surface area contributed by atoms with Crippen molar-refractivity contribution in [2.24, 2.45) is 0 Å². The highest BCUT2D eigenvalue weighted by Gasteiger charge is 2.27. The minimum Gasteiger partial charge on any atom is -0.756 e. The Hall–Kier alpha value is -3.07. The van der Waals surface area contributed by atoms with E-state index in [0.29, 0.717) is 17.4 Å². The molecule has 3 atom stereocenters. The van der Waals surface area contributed by atoms with E-state index in [9.17, 15) is 19.0 Å². The van der Waals surface area contributed by atoms with Crippen LogP contribution in [-0.4, -0.2) is 69.4 Å². The normalized spacial score (nSPS) is 14.1. The second-order valence-corrected chi connectivity index (χ2v) is 26.8. The van der Waals surface area contributed by atoms with Crippen molar-refractivity contribution in [3.63, 3.8) is 0 Å². The Morgan fingerprint density at radius 3 is 1.08 bits per heavy atom. The van der Waals surface area contributed by atoms with Crippen LogP contribution in [-0.2, 0) is 27.9 Å². The van der Waals surface area contributed by atoms with Gasteiger partial charge in [-0.2, -0.15) is 0 Å². The molecule has 0 fully saturated rings. The van der Waals surface area contributed by atoms with E-state index >= 15 is 0 Å².